The molecule has 1 aromatic carbocycles. The van der Waals surface area contributed by atoms with Crippen LogP contribution < -0.4 is 10.9 Å². The highest BCUT2D eigenvalue weighted by atomic mass is 16.2. The van der Waals surface area contributed by atoms with Crippen LogP contribution in [0, 0.1) is 16.7 Å². The summed E-state index contributed by atoms with van der Waals surface area (Å²) in [7, 11) is 0. The lowest BCUT2D eigenvalue weighted by molar-refractivity contribution is -0.123. The van der Waals surface area contributed by atoms with Crippen molar-refractivity contribution in [3.05, 3.63) is 40.8 Å². The van der Waals surface area contributed by atoms with Gasteiger partial charge < -0.3 is 5.32 Å². The third-order valence-corrected chi connectivity index (χ3v) is 7.18. The third-order valence-electron chi connectivity index (χ3n) is 7.18. The lowest BCUT2D eigenvalue weighted by Gasteiger charge is -2.39. The molecule has 2 bridgehead atoms. The quantitative estimate of drug-likeness (QED) is 0.935. The Morgan fingerprint density at radius 2 is 2.08 bits per heavy atom. The number of nitrogens with zero attached hydrogens (tertiary/aromatic N) is 2. The molecule has 0 unspecified atom stereocenters. The SMILES string of the molecule is CC1(C)[C@@H]2CC[C@@]1(C)[C@H](NC(=O)Cn1c(=O)cnc3ccccc31)C2. The van der Waals surface area contributed by atoms with E-state index in [1.54, 1.807) is 0 Å². The molecule has 0 spiro atoms. The van der Waals surface area contributed by atoms with Crippen LogP contribution in [0.15, 0.2) is 35.3 Å². The van der Waals surface area contributed by atoms with Gasteiger partial charge in [-0.3, -0.25) is 14.2 Å². The van der Waals surface area contributed by atoms with Gasteiger partial charge in [0, 0.05) is 6.04 Å². The van der Waals surface area contributed by atoms with Crippen LogP contribution in [0.3, 0.4) is 0 Å². The molecule has 4 rings (SSSR count). The van der Waals surface area contributed by atoms with Gasteiger partial charge in [0.2, 0.25) is 5.91 Å². The molecule has 3 atom stereocenters. The number of fused-ring (bicyclic) bond motifs is 3. The van der Waals surface area contributed by atoms with Gasteiger partial charge in [0.1, 0.15) is 6.54 Å². The number of benzene rings is 1. The Labute approximate surface area is 147 Å². The largest absolute Gasteiger partial charge is 0.351 e. The summed E-state index contributed by atoms with van der Waals surface area (Å²) in [6.45, 7) is 7.01. The van der Waals surface area contributed by atoms with Gasteiger partial charge in [-0.1, -0.05) is 32.9 Å². The molecule has 5 nitrogen and oxygen atoms in total. The second kappa shape index (κ2) is 5.41. The molecule has 2 aromatic rings. The number of rotatable bonds is 3. The van der Waals surface area contributed by atoms with Crippen molar-refractivity contribution < 1.29 is 4.79 Å². The Balaban J connectivity index is 1.57. The molecule has 132 valence electrons. The fourth-order valence-corrected chi connectivity index (χ4v) is 5.08. The van der Waals surface area contributed by atoms with E-state index < -0.39 is 0 Å². The van der Waals surface area contributed by atoms with Crippen molar-refractivity contribution >= 4 is 16.9 Å². The van der Waals surface area contributed by atoms with Crippen molar-refractivity contribution in [3.8, 4) is 0 Å². The second-order valence-corrected chi connectivity index (χ2v) is 8.40. The van der Waals surface area contributed by atoms with E-state index in [-0.39, 0.29) is 34.9 Å². The smallest absolute Gasteiger partial charge is 0.269 e. The zero-order valence-electron chi connectivity index (χ0n) is 15.1. The number of para-hydroxylation sites is 2. The number of nitrogens with one attached hydrogen (secondary N) is 1. The first-order valence-corrected chi connectivity index (χ1v) is 9.07. The van der Waals surface area contributed by atoms with Crippen LogP contribution in [-0.4, -0.2) is 21.5 Å². The van der Waals surface area contributed by atoms with Crippen molar-refractivity contribution in [1.82, 2.24) is 14.9 Å². The van der Waals surface area contributed by atoms with Gasteiger partial charge in [-0.2, -0.15) is 0 Å². The van der Waals surface area contributed by atoms with Crippen molar-refractivity contribution in [3.63, 3.8) is 0 Å². The number of amides is 1. The van der Waals surface area contributed by atoms with Gasteiger partial charge in [-0.05, 0) is 48.1 Å². The van der Waals surface area contributed by atoms with E-state index in [4.69, 9.17) is 0 Å². The van der Waals surface area contributed by atoms with Gasteiger partial charge in [-0.25, -0.2) is 4.98 Å². The highest BCUT2D eigenvalue weighted by Crippen LogP contribution is 2.65. The van der Waals surface area contributed by atoms with Crippen LogP contribution in [0.4, 0.5) is 0 Å². The monoisotopic (exact) mass is 339 g/mol. The molecule has 5 heteroatoms. The summed E-state index contributed by atoms with van der Waals surface area (Å²) < 4.78 is 1.51. The molecule has 25 heavy (non-hydrogen) atoms. The van der Waals surface area contributed by atoms with Crippen LogP contribution in [0.5, 0.6) is 0 Å². The Bertz CT molecular complexity index is 901. The zero-order chi connectivity index (χ0) is 17.8. The van der Waals surface area contributed by atoms with Crippen LogP contribution in [0.25, 0.3) is 11.0 Å². The standard InChI is InChI=1S/C20H25N3O2/c1-19(2)13-8-9-20(19,3)16(10-13)22-17(24)12-23-15-7-5-4-6-14(15)21-11-18(23)25/h4-7,11,13,16H,8-10,12H2,1-3H3,(H,22,24)/t13-,16-,20+/m1/s1. The minimum Gasteiger partial charge on any atom is -0.351 e. The van der Waals surface area contributed by atoms with Crippen molar-refractivity contribution in [2.45, 2.75) is 52.6 Å². The maximum atomic E-state index is 12.7. The van der Waals surface area contributed by atoms with Gasteiger partial charge in [0.25, 0.3) is 5.56 Å². The highest BCUT2D eigenvalue weighted by Gasteiger charge is 2.61. The Hall–Kier alpha value is -2.17. The number of carbonyl (C=O) groups excluding carboxylic acids is 1. The molecule has 1 amide bonds. The molecule has 0 saturated heterocycles. The summed E-state index contributed by atoms with van der Waals surface area (Å²) in [6.07, 6.45) is 4.75. The lowest BCUT2D eigenvalue weighted by Crippen LogP contribution is -2.48. The first-order chi connectivity index (χ1) is 11.8. The summed E-state index contributed by atoms with van der Waals surface area (Å²) in [6, 6.07) is 7.61. The van der Waals surface area contributed by atoms with Crippen molar-refractivity contribution in [2.75, 3.05) is 0 Å². The van der Waals surface area contributed by atoms with E-state index in [1.807, 2.05) is 24.3 Å². The van der Waals surface area contributed by atoms with Crippen molar-refractivity contribution in [1.29, 1.82) is 0 Å². The molecule has 2 fully saturated rings. The number of carbonyl (C=O) groups is 1. The molecule has 2 aliphatic carbocycles. The average Bonchev–Trinajstić information content (AvgIpc) is 2.91. The summed E-state index contributed by atoms with van der Waals surface area (Å²) in [5, 5.41) is 3.23. The van der Waals surface area contributed by atoms with E-state index in [2.05, 4.69) is 31.1 Å². The molecule has 0 radical (unpaired) electrons. The predicted octanol–water partition coefficient (Wildman–Crippen LogP) is 2.73. The van der Waals surface area contributed by atoms with Crippen LogP contribution in [0.2, 0.25) is 0 Å². The van der Waals surface area contributed by atoms with Crippen LogP contribution in [0.1, 0.15) is 40.0 Å². The molecule has 2 saturated carbocycles. The van der Waals surface area contributed by atoms with Crippen LogP contribution in [-0.2, 0) is 11.3 Å². The molecular weight excluding hydrogens is 314 g/mol. The number of hydrogen-bond donors (Lipinski definition) is 1. The Morgan fingerprint density at radius 3 is 2.76 bits per heavy atom. The lowest BCUT2D eigenvalue weighted by atomic mass is 9.69. The average molecular weight is 339 g/mol. The second-order valence-electron chi connectivity index (χ2n) is 8.40. The molecule has 1 N–H and O–H groups in total. The van der Waals surface area contributed by atoms with Gasteiger partial charge in [0.15, 0.2) is 0 Å². The van der Waals surface area contributed by atoms with Gasteiger partial charge in [0.05, 0.1) is 17.2 Å². The fourth-order valence-electron chi connectivity index (χ4n) is 5.08. The summed E-state index contributed by atoms with van der Waals surface area (Å²) in [4.78, 5) is 29.1. The first kappa shape index (κ1) is 16.3. The number of hydrogen-bond acceptors (Lipinski definition) is 3. The zero-order valence-corrected chi connectivity index (χ0v) is 15.1. The highest BCUT2D eigenvalue weighted by molar-refractivity contribution is 5.80. The minimum absolute atomic E-state index is 0.0412. The maximum Gasteiger partial charge on any atom is 0.269 e. The normalized spacial score (nSPS) is 29.9. The van der Waals surface area contributed by atoms with Gasteiger partial charge in [-0.15, -0.1) is 0 Å². The van der Waals surface area contributed by atoms with Gasteiger partial charge >= 0.3 is 0 Å². The van der Waals surface area contributed by atoms with E-state index >= 15 is 0 Å². The minimum atomic E-state index is -0.242. The fraction of sp³-hybridized carbons (Fsp3) is 0.550. The van der Waals surface area contributed by atoms with E-state index in [9.17, 15) is 9.59 Å². The number of aromatic nitrogens is 2. The molecule has 0 aliphatic heterocycles. The first-order valence-electron chi connectivity index (χ1n) is 9.07. The van der Waals surface area contributed by atoms with E-state index in [1.165, 1.54) is 17.2 Å². The summed E-state index contributed by atoms with van der Waals surface area (Å²) in [5.74, 6) is 0.584. The maximum absolute atomic E-state index is 12.7. The molecule has 1 aromatic heterocycles. The van der Waals surface area contributed by atoms with E-state index in [0.29, 0.717) is 11.4 Å². The summed E-state index contributed by atoms with van der Waals surface area (Å²) in [5.41, 5.74) is 1.57. The van der Waals surface area contributed by atoms with E-state index in [0.717, 1.165) is 18.4 Å². The molecular formula is C20H25N3O2. The third kappa shape index (κ3) is 2.32. The Morgan fingerprint density at radius 1 is 1.32 bits per heavy atom. The molecule has 1 heterocycles. The topological polar surface area (TPSA) is 64.0 Å². The summed E-state index contributed by atoms with van der Waals surface area (Å²) >= 11 is 0. The Kier molecular flexibility index (Phi) is 3.53. The predicted molar refractivity (Wildman–Crippen MR) is 97.2 cm³/mol. The van der Waals surface area contributed by atoms with Crippen molar-refractivity contribution in [2.24, 2.45) is 16.7 Å². The molecule has 2 aliphatic rings. The van der Waals surface area contributed by atoms with Crippen LogP contribution >= 0.6 is 0 Å².